The van der Waals surface area contributed by atoms with Crippen LogP contribution in [0, 0.1) is 5.41 Å². The molecule has 0 unspecified atom stereocenters. The van der Waals surface area contributed by atoms with Crippen LogP contribution in [-0.4, -0.2) is 9.55 Å². The van der Waals surface area contributed by atoms with Gasteiger partial charge >= 0.3 is 0 Å². The van der Waals surface area contributed by atoms with E-state index in [0.29, 0.717) is 0 Å². The third-order valence-electron chi connectivity index (χ3n) is 4.38. The average Bonchev–Trinajstić information content (AvgIpc) is 2.88. The lowest BCUT2D eigenvalue weighted by molar-refractivity contribution is 0.411. The third-order valence-corrected chi connectivity index (χ3v) is 4.38. The van der Waals surface area contributed by atoms with Gasteiger partial charge in [-0.05, 0) is 41.7 Å². The van der Waals surface area contributed by atoms with E-state index in [9.17, 15) is 0 Å². The van der Waals surface area contributed by atoms with Gasteiger partial charge in [0.1, 0.15) is 0 Å². The Kier molecular flexibility index (Phi) is 3.42. The van der Waals surface area contributed by atoms with E-state index in [1.165, 1.54) is 27.5 Å². The van der Waals surface area contributed by atoms with Crippen molar-refractivity contribution in [2.24, 2.45) is 5.41 Å². The summed E-state index contributed by atoms with van der Waals surface area (Å²) in [5.74, 6) is 0. The molecule has 2 heteroatoms. The maximum atomic E-state index is 4.36. The van der Waals surface area contributed by atoms with Gasteiger partial charge in [-0.25, -0.2) is 0 Å². The number of hydrogen-bond acceptors (Lipinski definition) is 1. The molecule has 0 saturated heterocycles. The van der Waals surface area contributed by atoms with Crippen molar-refractivity contribution in [3.8, 4) is 5.69 Å². The fourth-order valence-electron chi connectivity index (χ4n) is 3.49. The van der Waals surface area contributed by atoms with E-state index < -0.39 is 0 Å². The molecule has 0 aliphatic heterocycles. The fourth-order valence-corrected chi connectivity index (χ4v) is 3.49. The van der Waals surface area contributed by atoms with Gasteiger partial charge in [0.15, 0.2) is 0 Å². The Labute approximate surface area is 142 Å². The molecule has 4 aromatic rings. The minimum atomic E-state index is 0.277. The summed E-state index contributed by atoms with van der Waals surface area (Å²) in [5, 5.41) is 2.54. The first-order valence-corrected chi connectivity index (χ1v) is 8.45. The maximum absolute atomic E-state index is 4.36. The monoisotopic (exact) mass is 314 g/mol. The molecule has 0 amide bonds. The van der Waals surface area contributed by atoms with Gasteiger partial charge in [-0.1, -0.05) is 51.1 Å². The quantitative estimate of drug-likeness (QED) is 0.459. The Hall–Kier alpha value is -2.61. The molecule has 24 heavy (non-hydrogen) atoms. The SMILES string of the molecule is CC(C)(C)Cc1ccc2c3ccncc3n(-c3ccccc3)c2c1. The van der Waals surface area contributed by atoms with E-state index >= 15 is 0 Å². The summed E-state index contributed by atoms with van der Waals surface area (Å²) in [5.41, 5.74) is 5.25. The van der Waals surface area contributed by atoms with Crippen LogP contribution in [0.2, 0.25) is 0 Å². The van der Waals surface area contributed by atoms with Gasteiger partial charge < -0.3 is 4.57 Å². The molecule has 2 nitrogen and oxygen atoms in total. The molecule has 2 aromatic heterocycles. The lowest BCUT2D eigenvalue weighted by Crippen LogP contribution is -2.09. The van der Waals surface area contributed by atoms with Crippen molar-refractivity contribution in [2.75, 3.05) is 0 Å². The lowest BCUT2D eigenvalue weighted by Gasteiger charge is -2.18. The first-order valence-electron chi connectivity index (χ1n) is 8.45. The molecule has 4 rings (SSSR count). The lowest BCUT2D eigenvalue weighted by atomic mass is 9.88. The van der Waals surface area contributed by atoms with Crippen LogP contribution in [0.25, 0.3) is 27.5 Å². The highest BCUT2D eigenvalue weighted by Gasteiger charge is 2.15. The molecule has 0 atom stereocenters. The van der Waals surface area contributed by atoms with Gasteiger partial charge in [0, 0.05) is 22.7 Å². The molecule has 0 saturated carbocycles. The second-order valence-electron chi connectivity index (χ2n) is 7.65. The van der Waals surface area contributed by atoms with Crippen LogP contribution in [-0.2, 0) is 6.42 Å². The number of pyridine rings is 1. The van der Waals surface area contributed by atoms with Crippen molar-refractivity contribution in [1.82, 2.24) is 9.55 Å². The van der Waals surface area contributed by atoms with Crippen molar-refractivity contribution < 1.29 is 0 Å². The highest BCUT2D eigenvalue weighted by atomic mass is 15.0. The number of nitrogens with zero attached hydrogens (tertiary/aromatic N) is 2. The molecule has 0 bridgehead atoms. The van der Waals surface area contributed by atoms with Gasteiger partial charge in [0.05, 0.1) is 17.2 Å². The predicted molar refractivity (Wildman–Crippen MR) is 102 cm³/mol. The van der Waals surface area contributed by atoms with Gasteiger partial charge in [0.25, 0.3) is 0 Å². The van der Waals surface area contributed by atoms with E-state index in [1.54, 1.807) is 0 Å². The highest BCUT2D eigenvalue weighted by molar-refractivity contribution is 6.09. The third kappa shape index (κ3) is 2.58. The van der Waals surface area contributed by atoms with Crippen LogP contribution < -0.4 is 0 Å². The van der Waals surface area contributed by atoms with Crippen LogP contribution in [0.4, 0.5) is 0 Å². The molecule has 0 aliphatic carbocycles. The summed E-state index contributed by atoms with van der Waals surface area (Å²) < 4.78 is 2.32. The number of hydrogen-bond donors (Lipinski definition) is 0. The molecule has 120 valence electrons. The van der Waals surface area contributed by atoms with Gasteiger partial charge in [-0.2, -0.15) is 0 Å². The Bertz CT molecular complexity index is 1000. The second-order valence-corrected chi connectivity index (χ2v) is 7.65. The van der Waals surface area contributed by atoms with Crippen molar-refractivity contribution in [2.45, 2.75) is 27.2 Å². The number of fused-ring (bicyclic) bond motifs is 3. The summed E-state index contributed by atoms with van der Waals surface area (Å²) in [4.78, 5) is 4.36. The predicted octanol–water partition coefficient (Wildman–Crippen LogP) is 5.77. The van der Waals surface area contributed by atoms with Crippen LogP contribution in [0.5, 0.6) is 0 Å². The van der Waals surface area contributed by atoms with E-state index in [0.717, 1.165) is 11.9 Å². The van der Waals surface area contributed by atoms with Gasteiger partial charge in [0.2, 0.25) is 0 Å². The molecule has 0 aliphatic rings. The zero-order chi connectivity index (χ0) is 16.7. The standard InChI is InChI=1S/C22H22N2/c1-22(2,3)14-16-9-10-18-19-11-12-23-15-21(19)24(20(18)13-16)17-7-5-4-6-8-17/h4-13,15H,14H2,1-3H3. The molecule has 0 spiro atoms. The minimum absolute atomic E-state index is 0.277. The van der Waals surface area contributed by atoms with E-state index in [1.807, 2.05) is 12.4 Å². The Balaban J connectivity index is 2.04. The average molecular weight is 314 g/mol. The van der Waals surface area contributed by atoms with Crippen molar-refractivity contribution >= 4 is 21.8 Å². The van der Waals surface area contributed by atoms with E-state index in [2.05, 4.69) is 84.9 Å². The molecule has 0 N–H and O–H groups in total. The van der Waals surface area contributed by atoms with Gasteiger partial charge in [-0.15, -0.1) is 0 Å². The molecule has 2 aromatic carbocycles. The van der Waals surface area contributed by atoms with Crippen LogP contribution in [0.3, 0.4) is 0 Å². The normalized spacial score (nSPS) is 12.1. The van der Waals surface area contributed by atoms with Crippen LogP contribution in [0.1, 0.15) is 26.3 Å². The number of benzene rings is 2. The zero-order valence-corrected chi connectivity index (χ0v) is 14.5. The summed E-state index contributed by atoms with van der Waals surface area (Å²) in [6.07, 6.45) is 4.91. The van der Waals surface area contributed by atoms with E-state index in [4.69, 9.17) is 0 Å². The smallest absolute Gasteiger partial charge is 0.0724 e. The van der Waals surface area contributed by atoms with E-state index in [-0.39, 0.29) is 5.41 Å². The van der Waals surface area contributed by atoms with Crippen molar-refractivity contribution in [3.05, 3.63) is 72.6 Å². The molecular formula is C22H22N2. The second kappa shape index (κ2) is 5.48. The number of rotatable bonds is 2. The minimum Gasteiger partial charge on any atom is -0.308 e. The largest absolute Gasteiger partial charge is 0.308 e. The highest BCUT2D eigenvalue weighted by Crippen LogP contribution is 2.33. The van der Waals surface area contributed by atoms with Crippen LogP contribution >= 0.6 is 0 Å². The first-order chi connectivity index (χ1) is 11.5. The Morgan fingerprint density at radius 1 is 0.875 bits per heavy atom. The summed E-state index contributed by atoms with van der Waals surface area (Å²) in [7, 11) is 0. The Morgan fingerprint density at radius 2 is 1.62 bits per heavy atom. The summed E-state index contributed by atoms with van der Waals surface area (Å²) in [6.45, 7) is 6.86. The summed E-state index contributed by atoms with van der Waals surface area (Å²) >= 11 is 0. The Morgan fingerprint density at radius 3 is 2.38 bits per heavy atom. The fraction of sp³-hybridized carbons (Fsp3) is 0.227. The maximum Gasteiger partial charge on any atom is 0.0724 e. The topological polar surface area (TPSA) is 17.8 Å². The first kappa shape index (κ1) is 14.9. The molecular weight excluding hydrogens is 292 g/mol. The summed E-state index contributed by atoms with van der Waals surface area (Å²) in [6, 6.07) is 19.5. The molecule has 0 radical (unpaired) electrons. The van der Waals surface area contributed by atoms with Crippen molar-refractivity contribution in [3.63, 3.8) is 0 Å². The van der Waals surface area contributed by atoms with Gasteiger partial charge in [-0.3, -0.25) is 4.98 Å². The number of para-hydroxylation sites is 1. The number of aromatic nitrogens is 2. The zero-order valence-electron chi connectivity index (χ0n) is 14.5. The van der Waals surface area contributed by atoms with Crippen LogP contribution in [0.15, 0.2) is 67.0 Å². The molecule has 2 heterocycles. The molecule has 0 fully saturated rings. The van der Waals surface area contributed by atoms with Crippen molar-refractivity contribution in [1.29, 1.82) is 0 Å².